The fourth-order valence-electron chi connectivity index (χ4n) is 3.83. The summed E-state index contributed by atoms with van der Waals surface area (Å²) in [4.78, 5) is 13.3. The van der Waals surface area contributed by atoms with Gasteiger partial charge in [0.15, 0.2) is 5.65 Å². The molecule has 33 heavy (non-hydrogen) atoms. The number of benzene rings is 1. The highest BCUT2D eigenvalue weighted by Gasteiger charge is 2.37. The molecule has 5 rings (SSSR count). The predicted molar refractivity (Wildman–Crippen MR) is 110 cm³/mol. The number of alkyl halides is 3. The summed E-state index contributed by atoms with van der Waals surface area (Å²) in [7, 11) is 0. The zero-order chi connectivity index (χ0) is 23.3. The Morgan fingerprint density at radius 1 is 1.18 bits per heavy atom. The number of carbonyl (C=O) groups excluding carboxylic acids is 1. The van der Waals surface area contributed by atoms with Gasteiger partial charge in [-0.1, -0.05) is 6.07 Å². The first-order valence-corrected chi connectivity index (χ1v) is 9.71. The molecule has 0 saturated heterocycles. The molecular formula is C21H15F4N7O. The van der Waals surface area contributed by atoms with E-state index in [1.165, 1.54) is 17.2 Å². The van der Waals surface area contributed by atoms with Crippen molar-refractivity contribution in [3.05, 3.63) is 83.3 Å². The van der Waals surface area contributed by atoms with Crippen molar-refractivity contribution in [1.29, 1.82) is 0 Å². The molecule has 1 amide bonds. The van der Waals surface area contributed by atoms with Gasteiger partial charge in [0, 0.05) is 29.7 Å². The van der Waals surface area contributed by atoms with E-state index in [1.807, 2.05) is 0 Å². The van der Waals surface area contributed by atoms with Crippen molar-refractivity contribution in [3.63, 3.8) is 0 Å². The molecule has 0 radical (unpaired) electrons. The van der Waals surface area contributed by atoms with Gasteiger partial charge in [0.25, 0.3) is 5.91 Å². The van der Waals surface area contributed by atoms with Crippen LogP contribution in [0.2, 0.25) is 0 Å². The molecule has 2 N–H and O–H groups in total. The second kappa shape index (κ2) is 7.43. The van der Waals surface area contributed by atoms with Gasteiger partial charge >= 0.3 is 6.18 Å². The van der Waals surface area contributed by atoms with E-state index in [-0.39, 0.29) is 11.1 Å². The lowest BCUT2D eigenvalue weighted by Gasteiger charge is -2.30. The molecule has 0 aliphatic carbocycles. The van der Waals surface area contributed by atoms with Gasteiger partial charge in [-0.05, 0) is 30.7 Å². The van der Waals surface area contributed by atoms with E-state index in [2.05, 4.69) is 25.9 Å². The monoisotopic (exact) mass is 457 g/mol. The normalized spacial score (nSPS) is 16.0. The number of nitrogens with one attached hydrogen (secondary N) is 2. The molecule has 1 aliphatic heterocycles. The highest BCUT2D eigenvalue weighted by molar-refractivity contribution is 6.06. The number of aromatic nitrogens is 5. The molecule has 0 bridgehead atoms. The first-order valence-electron chi connectivity index (χ1n) is 9.71. The summed E-state index contributed by atoms with van der Waals surface area (Å²) in [5.74, 6) is -1.45. The minimum Gasteiger partial charge on any atom is -0.344 e. The van der Waals surface area contributed by atoms with Crippen molar-refractivity contribution in [3.8, 4) is 0 Å². The van der Waals surface area contributed by atoms with E-state index in [9.17, 15) is 22.4 Å². The summed E-state index contributed by atoms with van der Waals surface area (Å²) in [5.41, 5.74) is 0.333. The first kappa shape index (κ1) is 20.7. The summed E-state index contributed by atoms with van der Waals surface area (Å²) in [6.45, 7) is 1.65. The van der Waals surface area contributed by atoms with Gasteiger partial charge in [-0.3, -0.25) is 9.20 Å². The number of rotatable bonds is 3. The Morgan fingerprint density at radius 2 is 2.00 bits per heavy atom. The molecule has 1 atom stereocenters. The Labute approximate surface area is 183 Å². The van der Waals surface area contributed by atoms with E-state index < -0.39 is 29.5 Å². The largest absolute Gasteiger partial charge is 0.419 e. The average molecular weight is 457 g/mol. The van der Waals surface area contributed by atoms with E-state index in [1.54, 1.807) is 35.7 Å². The third-order valence-electron chi connectivity index (χ3n) is 5.32. The van der Waals surface area contributed by atoms with Crippen molar-refractivity contribution >= 4 is 23.1 Å². The molecule has 8 nitrogen and oxygen atoms in total. The van der Waals surface area contributed by atoms with Crippen molar-refractivity contribution < 1.29 is 22.4 Å². The summed E-state index contributed by atoms with van der Waals surface area (Å²) in [6, 6.07) is 6.55. The molecule has 0 fully saturated rings. The maximum Gasteiger partial charge on any atom is 0.419 e. The van der Waals surface area contributed by atoms with E-state index in [0.717, 1.165) is 12.1 Å². The topological polar surface area (TPSA) is 89.1 Å². The molecule has 0 saturated carbocycles. The number of allylic oxidation sites excluding steroid dienone is 1. The molecule has 0 spiro atoms. The molecule has 1 unspecified atom stereocenters. The van der Waals surface area contributed by atoms with Crippen LogP contribution < -0.4 is 10.6 Å². The number of halogens is 4. The highest BCUT2D eigenvalue weighted by atomic mass is 19.4. The van der Waals surface area contributed by atoms with Gasteiger partial charge in [0.05, 0.1) is 17.3 Å². The van der Waals surface area contributed by atoms with Crippen LogP contribution in [-0.2, 0) is 11.0 Å². The van der Waals surface area contributed by atoms with E-state index in [4.69, 9.17) is 0 Å². The van der Waals surface area contributed by atoms with Gasteiger partial charge in [-0.2, -0.15) is 18.3 Å². The van der Waals surface area contributed by atoms with Crippen LogP contribution in [0.1, 0.15) is 24.1 Å². The third-order valence-corrected chi connectivity index (χ3v) is 5.32. The number of anilines is 2. The van der Waals surface area contributed by atoms with Crippen molar-refractivity contribution in [2.75, 3.05) is 10.6 Å². The third kappa shape index (κ3) is 3.58. The van der Waals surface area contributed by atoms with Crippen LogP contribution in [0.5, 0.6) is 0 Å². The summed E-state index contributed by atoms with van der Waals surface area (Å²) >= 11 is 0. The van der Waals surface area contributed by atoms with Crippen molar-refractivity contribution in [2.24, 2.45) is 0 Å². The van der Waals surface area contributed by atoms with Crippen molar-refractivity contribution in [1.82, 2.24) is 24.4 Å². The van der Waals surface area contributed by atoms with Gasteiger partial charge < -0.3 is 10.6 Å². The lowest BCUT2D eigenvalue weighted by molar-refractivity contribution is -0.140. The van der Waals surface area contributed by atoms with Crippen molar-refractivity contribution in [2.45, 2.75) is 19.1 Å². The fraction of sp³-hybridized carbons (Fsp3) is 0.143. The number of hydrogen-bond donors (Lipinski definition) is 2. The second-order valence-electron chi connectivity index (χ2n) is 7.43. The molecule has 12 heteroatoms. The quantitative estimate of drug-likeness (QED) is 0.454. The Kier molecular flexibility index (Phi) is 4.65. The Morgan fingerprint density at radius 3 is 2.76 bits per heavy atom. The highest BCUT2D eigenvalue weighted by Crippen LogP contribution is 2.38. The molecule has 1 aliphatic rings. The Bertz CT molecular complexity index is 1420. The van der Waals surface area contributed by atoms with Gasteiger partial charge in [0.1, 0.15) is 24.0 Å². The van der Waals surface area contributed by atoms with Crippen LogP contribution in [0.4, 0.5) is 29.1 Å². The SMILES string of the molecule is CC1=C(C(=O)Nc2ccn3cnnc3c2)C(c2ccc(C(F)(F)F)c(F)c2)n2nccc2N1. The van der Waals surface area contributed by atoms with Crippen LogP contribution in [0.25, 0.3) is 5.65 Å². The minimum absolute atomic E-state index is 0.143. The van der Waals surface area contributed by atoms with Gasteiger partial charge in [-0.15, -0.1) is 10.2 Å². The number of fused-ring (bicyclic) bond motifs is 2. The minimum atomic E-state index is -4.83. The zero-order valence-electron chi connectivity index (χ0n) is 16.9. The van der Waals surface area contributed by atoms with E-state index in [0.29, 0.717) is 28.9 Å². The summed E-state index contributed by atoms with van der Waals surface area (Å²) < 4.78 is 56.6. The molecule has 4 heterocycles. The summed E-state index contributed by atoms with van der Waals surface area (Å²) in [5, 5.41) is 17.7. The molecular weight excluding hydrogens is 442 g/mol. The number of nitrogens with zero attached hydrogens (tertiary/aromatic N) is 5. The van der Waals surface area contributed by atoms with Gasteiger partial charge in [-0.25, -0.2) is 9.07 Å². The number of amides is 1. The maximum atomic E-state index is 14.4. The zero-order valence-corrected chi connectivity index (χ0v) is 16.9. The number of hydrogen-bond acceptors (Lipinski definition) is 5. The van der Waals surface area contributed by atoms with Crippen LogP contribution in [0.15, 0.2) is 66.4 Å². The van der Waals surface area contributed by atoms with Gasteiger partial charge in [0.2, 0.25) is 0 Å². The lowest BCUT2D eigenvalue weighted by Crippen LogP contribution is -2.31. The molecule has 1 aromatic carbocycles. The smallest absolute Gasteiger partial charge is 0.344 e. The van der Waals surface area contributed by atoms with Crippen LogP contribution in [0.3, 0.4) is 0 Å². The van der Waals surface area contributed by atoms with Crippen LogP contribution in [0, 0.1) is 5.82 Å². The predicted octanol–water partition coefficient (Wildman–Crippen LogP) is 4.01. The second-order valence-corrected chi connectivity index (χ2v) is 7.43. The van der Waals surface area contributed by atoms with Crippen LogP contribution >= 0.6 is 0 Å². The maximum absolute atomic E-state index is 14.4. The average Bonchev–Trinajstić information content (AvgIpc) is 3.40. The number of carbonyl (C=O) groups is 1. The molecule has 4 aromatic rings. The first-order chi connectivity index (χ1) is 15.7. The Hall–Kier alpha value is -4.22. The molecule has 168 valence electrons. The van der Waals surface area contributed by atoms with E-state index >= 15 is 0 Å². The Balaban J connectivity index is 1.56. The standard InChI is InChI=1S/C21H15F4N7O/c1-11-18(20(33)29-13-5-7-31-10-26-30-17(31)9-13)19(32-16(28-11)4-6-27-32)12-2-3-14(15(22)8-12)21(23,24)25/h2-10,19,28H,1H3,(H,29,33). The fourth-order valence-corrected chi connectivity index (χ4v) is 3.83. The van der Waals surface area contributed by atoms with Crippen LogP contribution in [-0.4, -0.2) is 30.3 Å². The molecule has 3 aromatic heterocycles. The summed E-state index contributed by atoms with van der Waals surface area (Å²) in [6.07, 6.45) is -0.185. The number of pyridine rings is 1. The lowest BCUT2D eigenvalue weighted by atomic mass is 9.93.